The standard InChI is InChI=1S/C16H20FNO/c17-15-7-5-12(6-8-15)16(19)2-1-9-18-10-13-3-4-14(13)11-18/h5-8,13-14H,1-4,9-11H2. The maximum atomic E-state index is 12.8. The number of benzene rings is 1. The van der Waals surface area contributed by atoms with Gasteiger partial charge in [0.1, 0.15) is 5.82 Å². The second-order valence-electron chi connectivity index (χ2n) is 5.89. The van der Waals surface area contributed by atoms with Crippen LogP contribution in [0.3, 0.4) is 0 Å². The van der Waals surface area contributed by atoms with E-state index in [0.29, 0.717) is 12.0 Å². The predicted octanol–water partition coefficient (Wildman–Crippen LogP) is 3.13. The fraction of sp³-hybridized carbons (Fsp3) is 0.562. The Morgan fingerprint density at radius 1 is 1.16 bits per heavy atom. The quantitative estimate of drug-likeness (QED) is 0.759. The lowest BCUT2D eigenvalue weighted by Gasteiger charge is -2.28. The molecule has 1 aromatic carbocycles. The van der Waals surface area contributed by atoms with E-state index >= 15 is 0 Å². The van der Waals surface area contributed by atoms with Gasteiger partial charge in [-0.3, -0.25) is 4.79 Å². The Balaban J connectivity index is 1.42. The molecule has 1 aromatic rings. The van der Waals surface area contributed by atoms with Crippen LogP contribution in [0.1, 0.15) is 36.0 Å². The zero-order chi connectivity index (χ0) is 13.2. The predicted molar refractivity (Wildman–Crippen MR) is 72.6 cm³/mol. The van der Waals surface area contributed by atoms with Gasteiger partial charge in [-0.1, -0.05) is 0 Å². The molecule has 0 bridgehead atoms. The lowest BCUT2D eigenvalue weighted by atomic mass is 9.77. The summed E-state index contributed by atoms with van der Waals surface area (Å²) in [5.74, 6) is 1.71. The number of carbonyl (C=O) groups is 1. The van der Waals surface area contributed by atoms with Crippen molar-refractivity contribution in [3.8, 4) is 0 Å². The summed E-state index contributed by atoms with van der Waals surface area (Å²) in [7, 11) is 0. The first kappa shape index (κ1) is 12.8. The van der Waals surface area contributed by atoms with Crippen LogP contribution < -0.4 is 0 Å². The first-order valence-corrected chi connectivity index (χ1v) is 7.23. The number of halogens is 1. The second-order valence-corrected chi connectivity index (χ2v) is 5.89. The molecule has 102 valence electrons. The molecule has 1 aliphatic carbocycles. The van der Waals surface area contributed by atoms with E-state index < -0.39 is 0 Å². The van der Waals surface area contributed by atoms with Crippen molar-refractivity contribution in [3.05, 3.63) is 35.6 Å². The molecule has 1 saturated carbocycles. The van der Waals surface area contributed by atoms with Crippen molar-refractivity contribution in [1.82, 2.24) is 4.90 Å². The summed E-state index contributed by atoms with van der Waals surface area (Å²) in [5, 5.41) is 0. The van der Waals surface area contributed by atoms with Gasteiger partial charge in [-0.05, 0) is 61.9 Å². The van der Waals surface area contributed by atoms with E-state index in [2.05, 4.69) is 4.90 Å². The zero-order valence-electron chi connectivity index (χ0n) is 11.1. The topological polar surface area (TPSA) is 20.3 Å². The number of nitrogens with zero attached hydrogens (tertiary/aromatic N) is 1. The minimum absolute atomic E-state index is 0.127. The minimum Gasteiger partial charge on any atom is -0.303 e. The van der Waals surface area contributed by atoms with Crippen molar-refractivity contribution >= 4 is 5.78 Å². The van der Waals surface area contributed by atoms with Crippen LogP contribution >= 0.6 is 0 Å². The van der Waals surface area contributed by atoms with Crippen LogP contribution in [0.5, 0.6) is 0 Å². The molecule has 3 rings (SSSR count). The Labute approximate surface area is 113 Å². The highest BCUT2D eigenvalue weighted by Gasteiger charge is 2.38. The number of hydrogen-bond donors (Lipinski definition) is 0. The Morgan fingerprint density at radius 3 is 2.37 bits per heavy atom. The van der Waals surface area contributed by atoms with Gasteiger partial charge < -0.3 is 4.90 Å². The van der Waals surface area contributed by atoms with Crippen molar-refractivity contribution in [3.63, 3.8) is 0 Å². The molecule has 3 heteroatoms. The van der Waals surface area contributed by atoms with Crippen LogP contribution in [-0.2, 0) is 0 Å². The van der Waals surface area contributed by atoms with Crippen LogP contribution in [-0.4, -0.2) is 30.3 Å². The van der Waals surface area contributed by atoms with Gasteiger partial charge >= 0.3 is 0 Å². The summed E-state index contributed by atoms with van der Waals surface area (Å²) >= 11 is 0. The SMILES string of the molecule is O=C(CCCN1CC2CCC2C1)c1ccc(F)cc1. The molecule has 1 saturated heterocycles. The van der Waals surface area contributed by atoms with E-state index in [-0.39, 0.29) is 11.6 Å². The van der Waals surface area contributed by atoms with Crippen LogP contribution in [0.4, 0.5) is 4.39 Å². The van der Waals surface area contributed by atoms with E-state index in [1.54, 1.807) is 12.1 Å². The highest BCUT2D eigenvalue weighted by atomic mass is 19.1. The lowest BCUT2D eigenvalue weighted by Crippen LogP contribution is -2.22. The third kappa shape index (κ3) is 2.86. The molecule has 0 spiro atoms. The van der Waals surface area contributed by atoms with Gasteiger partial charge in [-0.25, -0.2) is 4.39 Å². The highest BCUT2D eigenvalue weighted by molar-refractivity contribution is 5.95. The van der Waals surface area contributed by atoms with Crippen LogP contribution in [0.2, 0.25) is 0 Å². The number of fused-ring (bicyclic) bond motifs is 1. The molecule has 2 unspecified atom stereocenters. The maximum Gasteiger partial charge on any atom is 0.162 e. The Hall–Kier alpha value is -1.22. The lowest BCUT2D eigenvalue weighted by molar-refractivity contribution is 0.0976. The van der Waals surface area contributed by atoms with E-state index in [9.17, 15) is 9.18 Å². The molecule has 0 amide bonds. The molecule has 1 heterocycles. The average molecular weight is 261 g/mol. The fourth-order valence-corrected chi connectivity index (χ4v) is 3.28. The van der Waals surface area contributed by atoms with E-state index in [1.165, 1.54) is 38.1 Å². The third-order valence-electron chi connectivity index (χ3n) is 4.60. The minimum atomic E-state index is -0.288. The number of hydrogen-bond acceptors (Lipinski definition) is 2. The van der Waals surface area contributed by atoms with Gasteiger partial charge in [-0.2, -0.15) is 0 Å². The molecule has 0 N–H and O–H groups in total. The Morgan fingerprint density at radius 2 is 1.79 bits per heavy atom. The molecule has 0 aromatic heterocycles. The van der Waals surface area contributed by atoms with E-state index in [0.717, 1.165) is 24.8 Å². The maximum absolute atomic E-state index is 12.8. The van der Waals surface area contributed by atoms with Gasteiger partial charge in [0, 0.05) is 25.1 Å². The number of Topliss-reactive ketones (excluding diaryl/α,β-unsaturated/α-hetero) is 1. The molecular weight excluding hydrogens is 241 g/mol. The monoisotopic (exact) mass is 261 g/mol. The average Bonchev–Trinajstić information content (AvgIpc) is 2.66. The van der Waals surface area contributed by atoms with Crippen LogP contribution in [0, 0.1) is 17.7 Å². The summed E-state index contributed by atoms with van der Waals surface area (Å²) in [5.41, 5.74) is 0.628. The molecule has 2 fully saturated rings. The normalized spacial score (nSPS) is 25.9. The van der Waals surface area contributed by atoms with Crippen LogP contribution in [0.25, 0.3) is 0 Å². The first-order valence-electron chi connectivity index (χ1n) is 7.23. The van der Waals surface area contributed by atoms with Crippen LogP contribution in [0.15, 0.2) is 24.3 Å². The molecule has 2 nitrogen and oxygen atoms in total. The number of carbonyl (C=O) groups excluding carboxylic acids is 1. The van der Waals surface area contributed by atoms with Gasteiger partial charge in [0.05, 0.1) is 0 Å². The summed E-state index contributed by atoms with van der Waals surface area (Å²) in [6, 6.07) is 5.86. The van der Waals surface area contributed by atoms with Gasteiger partial charge in [0.25, 0.3) is 0 Å². The smallest absolute Gasteiger partial charge is 0.162 e. The van der Waals surface area contributed by atoms with Crippen molar-refractivity contribution < 1.29 is 9.18 Å². The van der Waals surface area contributed by atoms with E-state index in [4.69, 9.17) is 0 Å². The van der Waals surface area contributed by atoms with E-state index in [1.807, 2.05) is 0 Å². The molecule has 0 radical (unpaired) electrons. The van der Waals surface area contributed by atoms with Crippen molar-refractivity contribution in [2.45, 2.75) is 25.7 Å². The molecule has 2 atom stereocenters. The zero-order valence-corrected chi connectivity index (χ0v) is 11.1. The summed E-state index contributed by atoms with van der Waals surface area (Å²) < 4.78 is 12.8. The summed E-state index contributed by atoms with van der Waals surface area (Å²) in [6.45, 7) is 3.49. The number of likely N-dealkylation sites (tertiary alicyclic amines) is 1. The van der Waals surface area contributed by atoms with Crippen molar-refractivity contribution in [2.75, 3.05) is 19.6 Å². The number of rotatable bonds is 5. The highest BCUT2D eigenvalue weighted by Crippen LogP contribution is 2.40. The van der Waals surface area contributed by atoms with Crippen molar-refractivity contribution in [2.24, 2.45) is 11.8 Å². The Bertz CT molecular complexity index is 444. The number of ketones is 1. The van der Waals surface area contributed by atoms with Gasteiger partial charge in [-0.15, -0.1) is 0 Å². The first-order chi connectivity index (χ1) is 9.22. The molecule has 1 aliphatic heterocycles. The summed E-state index contributed by atoms with van der Waals surface area (Å²) in [4.78, 5) is 14.4. The third-order valence-corrected chi connectivity index (χ3v) is 4.60. The van der Waals surface area contributed by atoms with Gasteiger partial charge in [0.15, 0.2) is 5.78 Å². The Kier molecular flexibility index (Phi) is 3.65. The molecular formula is C16H20FNO. The second kappa shape index (κ2) is 5.41. The fourth-order valence-electron chi connectivity index (χ4n) is 3.28. The largest absolute Gasteiger partial charge is 0.303 e. The molecule has 19 heavy (non-hydrogen) atoms. The summed E-state index contributed by atoms with van der Waals surface area (Å²) in [6.07, 6.45) is 4.28. The molecule has 2 aliphatic rings. The van der Waals surface area contributed by atoms with Crippen molar-refractivity contribution in [1.29, 1.82) is 0 Å². The van der Waals surface area contributed by atoms with Gasteiger partial charge in [0.2, 0.25) is 0 Å².